The molecule has 0 fully saturated rings. The number of ether oxygens (including phenoxy) is 1. The number of carbonyl (C=O) groups is 1. The van der Waals surface area contributed by atoms with Crippen molar-refractivity contribution in [2.45, 2.75) is 45.4 Å². The van der Waals surface area contributed by atoms with E-state index in [1.54, 1.807) is 4.90 Å². The van der Waals surface area contributed by atoms with E-state index >= 15 is 0 Å². The Kier molecular flexibility index (Phi) is 7.74. The quantitative estimate of drug-likeness (QED) is 0.528. The molecule has 1 amide bonds. The van der Waals surface area contributed by atoms with Crippen molar-refractivity contribution < 1.29 is 9.53 Å². The summed E-state index contributed by atoms with van der Waals surface area (Å²) in [4.78, 5) is 13.5. The van der Waals surface area contributed by atoms with Gasteiger partial charge in [0.2, 0.25) is 5.91 Å². The van der Waals surface area contributed by atoms with Crippen molar-refractivity contribution in [3.05, 3.63) is 29.8 Å². The number of halogens is 1. The lowest BCUT2D eigenvalue weighted by Gasteiger charge is -2.19. The molecule has 124 valence electrons. The predicted octanol–water partition coefficient (Wildman–Crippen LogP) is 4.23. The first-order valence-electron chi connectivity index (χ1n) is 7.88. The molecule has 0 aliphatic rings. The Labute approximate surface area is 139 Å². The van der Waals surface area contributed by atoms with Gasteiger partial charge in [0.05, 0.1) is 6.61 Å². The number of hydrogen-bond donors (Lipinski definition) is 0. The highest BCUT2D eigenvalue weighted by Gasteiger charge is 2.13. The van der Waals surface area contributed by atoms with Crippen molar-refractivity contribution >= 4 is 17.5 Å². The zero-order valence-electron chi connectivity index (χ0n) is 14.2. The summed E-state index contributed by atoms with van der Waals surface area (Å²) in [6, 6.07) is 8.24. The number of benzene rings is 1. The van der Waals surface area contributed by atoms with Crippen molar-refractivity contribution in [3.8, 4) is 5.75 Å². The molecule has 0 aromatic heterocycles. The summed E-state index contributed by atoms with van der Waals surface area (Å²) in [6.45, 7) is 7.91. The largest absolute Gasteiger partial charge is 0.494 e. The molecule has 3 nitrogen and oxygen atoms in total. The van der Waals surface area contributed by atoms with Gasteiger partial charge in [-0.1, -0.05) is 32.9 Å². The molecule has 0 spiro atoms. The van der Waals surface area contributed by atoms with E-state index < -0.39 is 0 Å². The maximum Gasteiger partial charge on any atom is 0.222 e. The molecule has 22 heavy (non-hydrogen) atoms. The van der Waals surface area contributed by atoms with Crippen molar-refractivity contribution in [1.29, 1.82) is 0 Å². The Morgan fingerprint density at radius 2 is 1.82 bits per heavy atom. The van der Waals surface area contributed by atoms with Gasteiger partial charge in [0, 0.05) is 25.9 Å². The first-order chi connectivity index (χ1) is 10.3. The first-order valence-corrected chi connectivity index (χ1v) is 8.41. The summed E-state index contributed by atoms with van der Waals surface area (Å²) in [7, 11) is 1.83. The molecule has 1 aromatic rings. The number of amides is 1. The number of rotatable bonds is 8. The van der Waals surface area contributed by atoms with Gasteiger partial charge < -0.3 is 9.64 Å². The molecular weight excluding hydrogens is 298 g/mol. The molecule has 0 heterocycles. The summed E-state index contributed by atoms with van der Waals surface area (Å²) in [5.74, 6) is 1.56. The molecule has 0 atom stereocenters. The fourth-order valence-electron chi connectivity index (χ4n) is 2.08. The Morgan fingerprint density at radius 3 is 2.36 bits per heavy atom. The minimum absolute atomic E-state index is 0.148. The van der Waals surface area contributed by atoms with Gasteiger partial charge in [-0.2, -0.15) is 0 Å². The highest BCUT2D eigenvalue weighted by molar-refractivity contribution is 6.17. The highest BCUT2D eigenvalue weighted by Crippen LogP contribution is 2.24. The molecule has 0 radical (unpaired) electrons. The van der Waals surface area contributed by atoms with Crippen molar-refractivity contribution in [1.82, 2.24) is 4.90 Å². The monoisotopic (exact) mass is 325 g/mol. The van der Waals surface area contributed by atoms with E-state index in [4.69, 9.17) is 16.3 Å². The molecule has 0 saturated carbocycles. The van der Waals surface area contributed by atoms with Gasteiger partial charge in [-0.05, 0) is 36.0 Å². The smallest absolute Gasteiger partial charge is 0.222 e. The first kappa shape index (κ1) is 18.8. The van der Waals surface area contributed by atoms with E-state index in [2.05, 4.69) is 32.9 Å². The zero-order valence-corrected chi connectivity index (χ0v) is 14.9. The minimum atomic E-state index is 0.148. The van der Waals surface area contributed by atoms with Gasteiger partial charge in [0.1, 0.15) is 5.75 Å². The number of alkyl halides is 1. The van der Waals surface area contributed by atoms with Crippen LogP contribution in [0.5, 0.6) is 5.75 Å². The van der Waals surface area contributed by atoms with Crippen LogP contribution in [0.3, 0.4) is 0 Å². The molecule has 0 aliphatic carbocycles. The average Bonchev–Trinajstić information content (AvgIpc) is 2.48. The normalized spacial score (nSPS) is 11.3. The second-order valence-electron chi connectivity index (χ2n) is 6.58. The molecule has 1 aromatic carbocycles. The van der Waals surface area contributed by atoms with Crippen molar-refractivity contribution in [2.24, 2.45) is 0 Å². The third-order valence-corrected chi connectivity index (χ3v) is 3.84. The summed E-state index contributed by atoms with van der Waals surface area (Å²) in [5, 5.41) is 0. The number of carbonyl (C=O) groups excluding carboxylic acids is 1. The Bertz CT molecular complexity index is 451. The average molecular weight is 326 g/mol. The lowest BCUT2D eigenvalue weighted by molar-refractivity contribution is -0.130. The van der Waals surface area contributed by atoms with Gasteiger partial charge in [-0.3, -0.25) is 4.79 Å². The van der Waals surface area contributed by atoms with E-state index in [1.165, 1.54) is 5.56 Å². The second kappa shape index (κ2) is 9.04. The SMILES string of the molecule is CN(CCCOc1ccc(C(C)(C)C)cc1)C(=O)CCCCl. The third kappa shape index (κ3) is 6.69. The molecule has 1 rings (SSSR count). The van der Waals surface area contributed by atoms with Crippen molar-refractivity contribution in [2.75, 3.05) is 26.1 Å². The van der Waals surface area contributed by atoms with Gasteiger partial charge in [0.15, 0.2) is 0 Å². The number of nitrogens with zero attached hydrogens (tertiary/aromatic N) is 1. The van der Waals surface area contributed by atoms with Crippen LogP contribution < -0.4 is 4.74 Å². The number of hydrogen-bond acceptors (Lipinski definition) is 2. The molecule has 0 bridgehead atoms. The summed E-state index contributed by atoms with van der Waals surface area (Å²) < 4.78 is 5.73. The van der Waals surface area contributed by atoms with E-state index in [-0.39, 0.29) is 11.3 Å². The predicted molar refractivity (Wildman–Crippen MR) is 92.8 cm³/mol. The maximum absolute atomic E-state index is 11.7. The van der Waals surface area contributed by atoms with E-state index in [9.17, 15) is 4.79 Å². The van der Waals surface area contributed by atoms with Gasteiger partial charge in [-0.25, -0.2) is 0 Å². The van der Waals surface area contributed by atoms with Crippen LogP contribution in [0.1, 0.15) is 45.6 Å². The molecule has 0 saturated heterocycles. The van der Waals surface area contributed by atoms with Crippen LogP contribution in [-0.2, 0) is 10.2 Å². The Morgan fingerprint density at radius 1 is 1.18 bits per heavy atom. The Balaban J connectivity index is 2.28. The molecular formula is C18H28ClNO2. The van der Waals surface area contributed by atoms with E-state index in [1.807, 2.05) is 19.2 Å². The van der Waals surface area contributed by atoms with Crippen LogP contribution in [-0.4, -0.2) is 36.9 Å². The van der Waals surface area contributed by atoms with Crippen LogP contribution in [0.4, 0.5) is 0 Å². The van der Waals surface area contributed by atoms with Crippen molar-refractivity contribution in [3.63, 3.8) is 0 Å². The second-order valence-corrected chi connectivity index (χ2v) is 6.96. The Hall–Kier alpha value is -1.22. The van der Waals surface area contributed by atoms with Crippen LogP contribution in [0.15, 0.2) is 24.3 Å². The molecule has 4 heteroatoms. The summed E-state index contributed by atoms with van der Waals surface area (Å²) in [5.41, 5.74) is 1.45. The summed E-state index contributed by atoms with van der Waals surface area (Å²) >= 11 is 5.59. The van der Waals surface area contributed by atoms with E-state index in [0.29, 0.717) is 25.5 Å². The molecule has 0 unspecified atom stereocenters. The van der Waals surface area contributed by atoms with Crippen LogP contribution in [0.25, 0.3) is 0 Å². The highest BCUT2D eigenvalue weighted by atomic mass is 35.5. The summed E-state index contributed by atoms with van der Waals surface area (Å²) in [6.07, 6.45) is 2.08. The zero-order chi connectivity index (χ0) is 16.6. The lowest BCUT2D eigenvalue weighted by Crippen LogP contribution is -2.28. The lowest BCUT2D eigenvalue weighted by atomic mass is 9.87. The third-order valence-electron chi connectivity index (χ3n) is 3.58. The standard InChI is InChI=1S/C18H28ClNO2/c1-18(2,3)15-8-10-16(11-9-15)22-14-6-13-20(4)17(21)7-5-12-19/h8-11H,5-7,12-14H2,1-4H3. The fraction of sp³-hybridized carbons (Fsp3) is 0.611. The van der Waals surface area contributed by atoms with Crippen LogP contribution in [0.2, 0.25) is 0 Å². The van der Waals surface area contributed by atoms with Crippen LogP contribution in [0, 0.1) is 0 Å². The fourth-order valence-corrected chi connectivity index (χ4v) is 2.21. The minimum Gasteiger partial charge on any atom is -0.494 e. The van der Waals surface area contributed by atoms with Gasteiger partial charge in [-0.15, -0.1) is 11.6 Å². The van der Waals surface area contributed by atoms with E-state index in [0.717, 1.165) is 18.6 Å². The molecule has 0 aliphatic heterocycles. The van der Waals surface area contributed by atoms with Crippen LogP contribution >= 0.6 is 11.6 Å². The molecule has 0 N–H and O–H groups in total. The topological polar surface area (TPSA) is 29.5 Å². The van der Waals surface area contributed by atoms with Gasteiger partial charge in [0.25, 0.3) is 0 Å². The van der Waals surface area contributed by atoms with Gasteiger partial charge >= 0.3 is 0 Å². The maximum atomic E-state index is 11.7.